The van der Waals surface area contributed by atoms with E-state index in [1.54, 1.807) is 13.3 Å². The molecule has 0 saturated carbocycles. The van der Waals surface area contributed by atoms with Crippen LogP contribution in [0.3, 0.4) is 0 Å². The van der Waals surface area contributed by atoms with Gasteiger partial charge in [-0.25, -0.2) is 0 Å². The first-order valence-corrected chi connectivity index (χ1v) is 6.62. The van der Waals surface area contributed by atoms with Crippen molar-refractivity contribution >= 4 is 13.3 Å². The minimum atomic E-state index is -0.488. The Balaban J connectivity index is 2.57. The molecule has 108 valence electrons. The summed E-state index contributed by atoms with van der Waals surface area (Å²) >= 11 is 0. The van der Waals surface area contributed by atoms with Gasteiger partial charge in [0.2, 0.25) is 0 Å². The maximum Gasteiger partial charge on any atom is 0.497 e. The van der Waals surface area contributed by atoms with Crippen molar-refractivity contribution in [3.8, 4) is 0 Å². The third kappa shape index (κ3) is 4.06. The van der Waals surface area contributed by atoms with E-state index in [2.05, 4.69) is 5.32 Å². The van der Waals surface area contributed by atoms with Gasteiger partial charge in [-0.1, -0.05) is 0 Å². The zero-order valence-electron chi connectivity index (χ0n) is 12.6. The van der Waals surface area contributed by atoms with Gasteiger partial charge in [0.15, 0.2) is 0 Å². The van der Waals surface area contributed by atoms with Gasteiger partial charge in [0.05, 0.1) is 11.2 Å². The van der Waals surface area contributed by atoms with Crippen LogP contribution in [-0.2, 0) is 14.0 Å². The Morgan fingerprint density at radius 3 is 2.32 bits per heavy atom. The molecule has 0 aliphatic carbocycles. The summed E-state index contributed by atoms with van der Waals surface area (Å²) in [5, 5.41) is 10.6. The zero-order valence-corrected chi connectivity index (χ0v) is 12.6. The Morgan fingerprint density at radius 2 is 1.84 bits per heavy atom. The van der Waals surface area contributed by atoms with Crippen LogP contribution in [0.1, 0.15) is 34.1 Å². The van der Waals surface area contributed by atoms with E-state index in [9.17, 15) is 0 Å². The van der Waals surface area contributed by atoms with Crippen molar-refractivity contribution in [2.75, 3.05) is 20.3 Å². The number of hydrogen-bond acceptors (Lipinski definition) is 5. The maximum atomic E-state index is 7.48. The number of nitrogens with one attached hydrogen (secondary N) is 2. The Bertz CT molecular complexity index is 327. The van der Waals surface area contributed by atoms with Crippen molar-refractivity contribution in [3.63, 3.8) is 0 Å². The van der Waals surface area contributed by atoms with E-state index in [0.29, 0.717) is 5.47 Å². The lowest BCUT2D eigenvalue weighted by atomic mass is 9.79. The van der Waals surface area contributed by atoms with E-state index in [1.807, 2.05) is 27.7 Å². The predicted molar refractivity (Wildman–Crippen MR) is 77.4 cm³/mol. The first kappa shape index (κ1) is 16.2. The monoisotopic (exact) mass is 268 g/mol. The van der Waals surface area contributed by atoms with Crippen molar-refractivity contribution in [2.24, 2.45) is 0 Å². The molecular weight excluding hydrogens is 243 g/mol. The standard InChI is InChI=1S/C13H25BN2O3/c1-12(2)13(3,4)19-14(18-12)11(9-15)10-16-7-6-8-17-5/h9-10,15-16H,6-8H2,1-5H3/b11-10+,15-9?. The second-order valence-electron chi connectivity index (χ2n) is 5.68. The van der Waals surface area contributed by atoms with E-state index in [-0.39, 0.29) is 11.2 Å². The van der Waals surface area contributed by atoms with E-state index in [0.717, 1.165) is 19.6 Å². The second-order valence-corrected chi connectivity index (χ2v) is 5.68. The molecule has 1 fully saturated rings. The second kappa shape index (κ2) is 6.54. The van der Waals surface area contributed by atoms with Crippen molar-refractivity contribution < 1.29 is 14.0 Å². The van der Waals surface area contributed by atoms with Crippen molar-refractivity contribution in [3.05, 3.63) is 11.7 Å². The molecule has 1 aliphatic heterocycles. The Hall–Kier alpha value is -0.845. The average Bonchev–Trinajstić information content (AvgIpc) is 2.53. The van der Waals surface area contributed by atoms with Gasteiger partial charge in [-0.15, -0.1) is 0 Å². The number of ether oxygens (including phenoxy) is 1. The molecule has 0 aromatic heterocycles. The lowest BCUT2D eigenvalue weighted by Gasteiger charge is -2.32. The van der Waals surface area contributed by atoms with Crippen LogP contribution in [0.4, 0.5) is 0 Å². The summed E-state index contributed by atoms with van der Waals surface area (Å²) in [6.07, 6.45) is 3.97. The SMILES string of the molecule is COCCCN/C=C(\C=N)B1OC(C)(C)C(C)(C)O1. The molecule has 1 saturated heterocycles. The topological polar surface area (TPSA) is 63.6 Å². The number of hydrogen-bond donors (Lipinski definition) is 2. The summed E-state index contributed by atoms with van der Waals surface area (Å²) in [6.45, 7) is 9.52. The minimum Gasteiger partial charge on any atom is -0.399 e. The molecule has 0 bridgehead atoms. The largest absolute Gasteiger partial charge is 0.497 e. The van der Waals surface area contributed by atoms with E-state index in [1.165, 1.54) is 6.21 Å². The van der Waals surface area contributed by atoms with E-state index < -0.39 is 7.12 Å². The molecule has 0 amide bonds. The summed E-state index contributed by atoms with van der Waals surface area (Å²) in [4.78, 5) is 0. The third-order valence-corrected chi connectivity index (χ3v) is 3.63. The summed E-state index contributed by atoms with van der Waals surface area (Å²) in [5.41, 5.74) is -0.0675. The Morgan fingerprint density at radius 1 is 1.26 bits per heavy atom. The van der Waals surface area contributed by atoms with Gasteiger partial charge in [-0.05, 0) is 40.3 Å². The molecule has 19 heavy (non-hydrogen) atoms. The fourth-order valence-corrected chi connectivity index (χ4v) is 1.67. The van der Waals surface area contributed by atoms with Crippen LogP contribution in [0.5, 0.6) is 0 Å². The molecule has 2 N–H and O–H groups in total. The van der Waals surface area contributed by atoms with Crippen LogP contribution in [-0.4, -0.2) is 44.8 Å². The first-order valence-electron chi connectivity index (χ1n) is 6.62. The van der Waals surface area contributed by atoms with Crippen LogP contribution < -0.4 is 5.32 Å². The normalized spacial score (nSPS) is 21.5. The molecule has 0 atom stereocenters. The maximum absolute atomic E-state index is 7.48. The molecule has 0 radical (unpaired) electrons. The van der Waals surface area contributed by atoms with Gasteiger partial charge < -0.3 is 24.8 Å². The average molecular weight is 268 g/mol. The van der Waals surface area contributed by atoms with Gasteiger partial charge in [-0.3, -0.25) is 0 Å². The summed E-state index contributed by atoms with van der Waals surface area (Å²) in [7, 11) is 1.20. The Labute approximate surface area is 116 Å². The van der Waals surface area contributed by atoms with Crippen LogP contribution in [0.25, 0.3) is 0 Å². The van der Waals surface area contributed by atoms with Crippen LogP contribution in [0, 0.1) is 5.41 Å². The van der Waals surface area contributed by atoms with Crippen molar-refractivity contribution in [1.82, 2.24) is 5.32 Å². The molecule has 1 aliphatic rings. The molecule has 1 rings (SSSR count). The minimum absolute atomic E-state index is 0.379. The number of allylic oxidation sites excluding steroid dienone is 1. The van der Waals surface area contributed by atoms with E-state index >= 15 is 0 Å². The highest BCUT2D eigenvalue weighted by Crippen LogP contribution is 2.38. The van der Waals surface area contributed by atoms with Crippen molar-refractivity contribution in [2.45, 2.75) is 45.3 Å². The molecule has 0 aromatic carbocycles. The van der Waals surface area contributed by atoms with Gasteiger partial charge in [-0.2, -0.15) is 0 Å². The molecule has 0 aromatic rings. The van der Waals surface area contributed by atoms with Crippen LogP contribution in [0.15, 0.2) is 11.7 Å². The van der Waals surface area contributed by atoms with Crippen LogP contribution >= 0.6 is 0 Å². The van der Waals surface area contributed by atoms with Gasteiger partial charge in [0, 0.05) is 31.9 Å². The van der Waals surface area contributed by atoms with Gasteiger partial charge in [0.1, 0.15) is 0 Å². The van der Waals surface area contributed by atoms with E-state index in [4.69, 9.17) is 19.5 Å². The smallest absolute Gasteiger partial charge is 0.399 e. The highest BCUT2D eigenvalue weighted by molar-refractivity contribution is 6.60. The predicted octanol–water partition coefficient (Wildman–Crippen LogP) is 1.78. The van der Waals surface area contributed by atoms with Crippen molar-refractivity contribution in [1.29, 1.82) is 5.41 Å². The lowest BCUT2D eigenvalue weighted by molar-refractivity contribution is 0.00578. The van der Waals surface area contributed by atoms with Crippen LogP contribution in [0.2, 0.25) is 0 Å². The summed E-state index contributed by atoms with van der Waals surface area (Å²) in [5.74, 6) is 0. The summed E-state index contributed by atoms with van der Waals surface area (Å²) in [6, 6.07) is 0. The third-order valence-electron chi connectivity index (χ3n) is 3.63. The fourth-order valence-electron chi connectivity index (χ4n) is 1.67. The molecule has 1 heterocycles. The summed E-state index contributed by atoms with van der Waals surface area (Å²) < 4.78 is 16.8. The molecule has 0 spiro atoms. The molecule has 6 heteroatoms. The number of rotatable bonds is 7. The Kier molecular flexibility index (Phi) is 5.58. The fraction of sp³-hybridized carbons (Fsp3) is 0.769. The zero-order chi connectivity index (χ0) is 14.5. The molecule has 0 unspecified atom stereocenters. The number of methoxy groups -OCH3 is 1. The van der Waals surface area contributed by atoms with Gasteiger partial charge >= 0.3 is 7.12 Å². The first-order chi connectivity index (χ1) is 8.84. The van der Waals surface area contributed by atoms with Gasteiger partial charge in [0.25, 0.3) is 0 Å². The molecular formula is C13H25BN2O3. The quantitative estimate of drug-likeness (QED) is 0.419. The molecule has 5 nitrogen and oxygen atoms in total. The highest BCUT2D eigenvalue weighted by atomic mass is 16.7. The highest BCUT2D eigenvalue weighted by Gasteiger charge is 2.52. The lowest BCUT2D eigenvalue weighted by Crippen LogP contribution is -2.41.